The molecule has 2 nitrogen and oxygen atoms in total. The first-order valence-corrected chi connectivity index (χ1v) is 8.85. The summed E-state index contributed by atoms with van der Waals surface area (Å²) in [4.78, 5) is 14.9. The zero-order valence-corrected chi connectivity index (χ0v) is 13.4. The molecule has 0 aromatic carbocycles. The molecule has 2 aliphatic carbocycles. The highest BCUT2D eigenvalue weighted by molar-refractivity contribution is 7.07. The van der Waals surface area contributed by atoms with Gasteiger partial charge in [0.15, 0.2) is 0 Å². The van der Waals surface area contributed by atoms with Crippen molar-refractivity contribution in [2.75, 3.05) is 6.54 Å². The maximum Gasteiger partial charge on any atom is 0.137 e. The summed E-state index contributed by atoms with van der Waals surface area (Å²) in [5.41, 5.74) is 1.41. The van der Waals surface area contributed by atoms with Crippen LogP contribution in [0.25, 0.3) is 0 Å². The van der Waals surface area contributed by atoms with Crippen LogP contribution in [0.1, 0.15) is 45.1 Å². The molecule has 3 rings (SSSR count). The van der Waals surface area contributed by atoms with Crippen LogP contribution in [-0.2, 0) is 11.3 Å². The third kappa shape index (κ3) is 3.32. The van der Waals surface area contributed by atoms with E-state index in [4.69, 9.17) is 0 Å². The maximum atomic E-state index is 12.4. The van der Waals surface area contributed by atoms with Gasteiger partial charge < -0.3 is 0 Å². The van der Waals surface area contributed by atoms with Gasteiger partial charge in [-0.15, -0.1) is 0 Å². The monoisotopic (exact) mass is 291 g/mol. The number of ketones is 1. The standard InChI is InChI=1S/C17H25NOS/c1-12-7-13(2)16(17(19)8-12)10-18(15-3-4-15)9-14-5-6-20-11-14/h5-6,11-13,15-16H,3-4,7-10H2,1-2H3. The quantitative estimate of drug-likeness (QED) is 0.818. The highest BCUT2D eigenvalue weighted by Crippen LogP contribution is 2.35. The minimum Gasteiger partial charge on any atom is -0.299 e. The molecule has 0 bridgehead atoms. The van der Waals surface area contributed by atoms with Crippen LogP contribution < -0.4 is 0 Å². The van der Waals surface area contributed by atoms with Crippen molar-refractivity contribution in [2.45, 2.75) is 52.1 Å². The molecule has 2 aliphatic rings. The second kappa shape index (κ2) is 5.98. The molecular weight excluding hydrogens is 266 g/mol. The number of carbonyl (C=O) groups is 1. The van der Waals surface area contributed by atoms with Crippen LogP contribution >= 0.6 is 11.3 Å². The highest BCUT2D eigenvalue weighted by Gasteiger charge is 2.37. The van der Waals surface area contributed by atoms with Gasteiger partial charge in [0.05, 0.1) is 0 Å². The molecule has 0 saturated heterocycles. The Morgan fingerprint density at radius 3 is 2.75 bits per heavy atom. The average Bonchev–Trinajstić information content (AvgIpc) is 3.10. The van der Waals surface area contributed by atoms with Gasteiger partial charge in [-0.1, -0.05) is 13.8 Å². The van der Waals surface area contributed by atoms with Crippen LogP contribution in [0.4, 0.5) is 0 Å². The lowest BCUT2D eigenvalue weighted by Gasteiger charge is -2.35. The number of hydrogen-bond donors (Lipinski definition) is 0. The smallest absolute Gasteiger partial charge is 0.137 e. The van der Waals surface area contributed by atoms with Crippen LogP contribution in [0.3, 0.4) is 0 Å². The van der Waals surface area contributed by atoms with Crippen molar-refractivity contribution in [3.05, 3.63) is 22.4 Å². The second-order valence-corrected chi connectivity index (χ2v) is 7.67. The summed E-state index contributed by atoms with van der Waals surface area (Å²) in [7, 11) is 0. The van der Waals surface area contributed by atoms with Gasteiger partial charge in [0.25, 0.3) is 0 Å². The van der Waals surface area contributed by atoms with Gasteiger partial charge in [0.1, 0.15) is 5.78 Å². The van der Waals surface area contributed by atoms with Crippen molar-refractivity contribution in [2.24, 2.45) is 17.8 Å². The zero-order valence-electron chi connectivity index (χ0n) is 12.5. The minimum atomic E-state index is 0.269. The summed E-state index contributed by atoms with van der Waals surface area (Å²) in [6.45, 7) is 6.50. The third-order valence-corrected chi connectivity index (χ3v) is 5.62. The Labute approximate surface area is 126 Å². The van der Waals surface area contributed by atoms with Crippen molar-refractivity contribution >= 4 is 17.1 Å². The molecule has 0 spiro atoms. The summed E-state index contributed by atoms with van der Waals surface area (Å²) < 4.78 is 0. The zero-order chi connectivity index (χ0) is 14.1. The van der Waals surface area contributed by atoms with E-state index in [9.17, 15) is 4.79 Å². The van der Waals surface area contributed by atoms with Crippen molar-refractivity contribution < 1.29 is 4.79 Å². The highest BCUT2D eigenvalue weighted by atomic mass is 32.1. The van der Waals surface area contributed by atoms with Gasteiger partial charge >= 0.3 is 0 Å². The summed E-state index contributed by atoms with van der Waals surface area (Å²) >= 11 is 1.77. The molecule has 1 aromatic heterocycles. The molecule has 0 aliphatic heterocycles. The van der Waals surface area contributed by atoms with Gasteiger partial charge in [0.2, 0.25) is 0 Å². The topological polar surface area (TPSA) is 20.3 Å². The van der Waals surface area contributed by atoms with Crippen LogP contribution in [0.5, 0.6) is 0 Å². The molecule has 1 heterocycles. The summed E-state index contributed by atoms with van der Waals surface area (Å²) in [5.74, 6) is 1.91. The molecule has 20 heavy (non-hydrogen) atoms. The Bertz CT molecular complexity index is 452. The molecule has 0 amide bonds. The van der Waals surface area contributed by atoms with E-state index < -0.39 is 0 Å². The van der Waals surface area contributed by atoms with E-state index in [1.54, 1.807) is 11.3 Å². The molecule has 2 saturated carbocycles. The maximum absolute atomic E-state index is 12.4. The predicted molar refractivity (Wildman–Crippen MR) is 83.8 cm³/mol. The van der Waals surface area contributed by atoms with Gasteiger partial charge in [-0.25, -0.2) is 0 Å². The lowest BCUT2D eigenvalue weighted by molar-refractivity contribution is -0.128. The van der Waals surface area contributed by atoms with Crippen LogP contribution in [0.2, 0.25) is 0 Å². The molecule has 0 radical (unpaired) electrons. The van der Waals surface area contributed by atoms with E-state index in [1.807, 2.05) is 0 Å². The van der Waals surface area contributed by atoms with Gasteiger partial charge in [-0.2, -0.15) is 11.3 Å². The van der Waals surface area contributed by atoms with Crippen LogP contribution in [-0.4, -0.2) is 23.3 Å². The number of nitrogens with zero attached hydrogens (tertiary/aromatic N) is 1. The lowest BCUT2D eigenvalue weighted by atomic mass is 9.74. The summed E-state index contributed by atoms with van der Waals surface area (Å²) in [6, 6.07) is 2.95. The number of hydrogen-bond acceptors (Lipinski definition) is 3. The lowest BCUT2D eigenvalue weighted by Crippen LogP contribution is -2.40. The molecule has 3 heteroatoms. The minimum absolute atomic E-state index is 0.269. The first-order chi connectivity index (χ1) is 9.63. The van der Waals surface area contributed by atoms with E-state index >= 15 is 0 Å². The van der Waals surface area contributed by atoms with E-state index in [0.29, 0.717) is 17.6 Å². The first-order valence-electron chi connectivity index (χ1n) is 7.91. The Kier molecular flexibility index (Phi) is 4.27. The van der Waals surface area contributed by atoms with Gasteiger partial charge in [-0.05, 0) is 53.5 Å². The molecule has 3 atom stereocenters. The van der Waals surface area contributed by atoms with Crippen molar-refractivity contribution in [1.82, 2.24) is 4.90 Å². The molecule has 3 unspecified atom stereocenters. The first kappa shape index (κ1) is 14.3. The number of thiophene rings is 1. The number of rotatable bonds is 5. The van der Waals surface area contributed by atoms with Crippen molar-refractivity contribution in [3.8, 4) is 0 Å². The molecular formula is C17H25NOS. The molecule has 1 aromatic rings. The normalized spacial score (nSPS) is 30.9. The van der Waals surface area contributed by atoms with Crippen LogP contribution in [0.15, 0.2) is 16.8 Å². The number of Topliss-reactive ketones (excluding diaryl/α,β-unsaturated/α-hetero) is 1. The second-order valence-electron chi connectivity index (χ2n) is 6.89. The van der Waals surface area contributed by atoms with Crippen molar-refractivity contribution in [1.29, 1.82) is 0 Å². The van der Waals surface area contributed by atoms with E-state index in [2.05, 4.69) is 35.6 Å². The SMILES string of the molecule is CC1CC(=O)C(CN(Cc2ccsc2)C2CC2)C(C)C1. The largest absolute Gasteiger partial charge is 0.299 e. The van der Waals surface area contributed by atoms with Crippen LogP contribution in [0, 0.1) is 17.8 Å². The summed E-state index contributed by atoms with van der Waals surface area (Å²) in [6.07, 6.45) is 4.64. The Balaban J connectivity index is 1.65. The number of carbonyl (C=O) groups excluding carboxylic acids is 1. The van der Waals surface area contributed by atoms with Gasteiger partial charge in [-0.3, -0.25) is 9.69 Å². The Morgan fingerprint density at radius 1 is 1.35 bits per heavy atom. The fraction of sp³-hybridized carbons (Fsp3) is 0.706. The Morgan fingerprint density at radius 2 is 2.15 bits per heavy atom. The fourth-order valence-electron chi connectivity index (χ4n) is 3.63. The van der Waals surface area contributed by atoms with E-state index in [1.165, 1.54) is 24.8 Å². The molecule has 110 valence electrons. The predicted octanol–water partition coefficient (Wildman–Crippen LogP) is 3.96. The van der Waals surface area contributed by atoms with E-state index in [-0.39, 0.29) is 5.92 Å². The molecule has 0 N–H and O–H groups in total. The fourth-order valence-corrected chi connectivity index (χ4v) is 4.29. The van der Waals surface area contributed by atoms with E-state index in [0.717, 1.165) is 25.6 Å². The summed E-state index contributed by atoms with van der Waals surface area (Å²) in [5, 5.41) is 4.39. The average molecular weight is 291 g/mol. The van der Waals surface area contributed by atoms with Crippen molar-refractivity contribution in [3.63, 3.8) is 0 Å². The Hall–Kier alpha value is -0.670. The third-order valence-electron chi connectivity index (χ3n) is 4.88. The molecule has 2 fully saturated rings. The van der Waals surface area contributed by atoms with Gasteiger partial charge in [0, 0.05) is 31.5 Å².